The van der Waals surface area contributed by atoms with E-state index in [1.165, 1.54) is 11.3 Å². The monoisotopic (exact) mass is 329 g/mol. The molecule has 0 radical (unpaired) electrons. The van der Waals surface area contributed by atoms with Crippen LogP contribution < -0.4 is 4.74 Å². The summed E-state index contributed by atoms with van der Waals surface area (Å²) in [5.74, 6) is 0.660. The molecule has 110 valence electrons. The molecule has 0 aliphatic heterocycles. The van der Waals surface area contributed by atoms with Crippen molar-refractivity contribution in [1.29, 1.82) is 0 Å². The van der Waals surface area contributed by atoms with E-state index in [1.54, 1.807) is 18.2 Å². The van der Waals surface area contributed by atoms with Crippen molar-refractivity contribution in [2.75, 3.05) is 0 Å². The van der Waals surface area contributed by atoms with Gasteiger partial charge in [-0.1, -0.05) is 35.9 Å². The van der Waals surface area contributed by atoms with Gasteiger partial charge in [-0.15, -0.1) is 11.3 Å². The van der Waals surface area contributed by atoms with E-state index in [4.69, 9.17) is 16.3 Å². The lowest BCUT2D eigenvalue weighted by Crippen LogP contribution is -1.95. The van der Waals surface area contributed by atoms with E-state index in [-0.39, 0.29) is 0 Å². The first-order valence-corrected chi connectivity index (χ1v) is 7.89. The molecule has 0 N–H and O–H groups in total. The molecule has 0 fully saturated rings. The van der Waals surface area contributed by atoms with Gasteiger partial charge in [-0.2, -0.15) is 0 Å². The third kappa shape index (κ3) is 3.53. The largest absolute Gasteiger partial charge is 0.486 e. The van der Waals surface area contributed by atoms with Crippen LogP contribution in [-0.4, -0.2) is 11.3 Å². The lowest BCUT2D eigenvalue weighted by Gasteiger charge is -2.04. The normalized spacial score (nSPS) is 10.4. The van der Waals surface area contributed by atoms with Crippen LogP contribution in [0.5, 0.6) is 5.75 Å². The van der Waals surface area contributed by atoms with Crippen LogP contribution in [0.15, 0.2) is 53.9 Å². The summed E-state index contributed by atoms with van der Waals surface area (Å²) in [6, 6.07) is 14.6. The molecule has 2 aromatic carbocycles. The highest BCUT2D eigenvalue weighted by Gasteiger charge is 2.06. The molecule has 1 heterocycles. The van der Waals surface area contributed by atoms with E-state index in [1.807, 2.05) is 35.7 Å². The van der Waals surface area contributed by atoms with Crippen molar-refractivity contribution < 1.29 is 9.53 Å². The van der Waals surface area contributed by atoms with Crippen molar-refractivity contribution in [2.45, 2.75) is 6.61 Å². The fourth-order valence-corrected chi connectivity index (χ4v) is 2.79. The van der Waals surface area contributed by atoms with Gasteiger partial charge in [0.05, 0.1) is 5.69 Å². The SMILES string of the molecule is O=Cc1cccc(OCc2nc(-c3ccc(Cl)cc3)cs2)c1. The first-order valence-electron chi connectivity index (χ1n) is 6.63. The number of hydrogen-bond donors (Lipinski definition) is 0. The van der Waals surface area contributed by atoms with Gasteiger partial charge in [0.2, 0.25) is 0 Å². The summed E-state index contributed by atoms with van der Waals surface area (Å²) in [5.41, 5.74) is 2.52. The predicted molar refractivity (Wildman–Crippen MR) is 88.7 cm³/mol. The Labute approximate surface area is 137 Å². The maximum Gasteiger partial charge on any atom is 0.150 e. The molecule has 0 bridgehead atoms. The van der Waals surface area contributed by atoms with Gasteiger partial charge in [-0.05, 0) is 24.3 Å². The summed E-state index contributed by atoms with van der Waals surface area (Å²) in [5, 5.41) is 3.57. The molecule has 0 atom stereocenters. The molecular weight excluding hydrogens is 318 g/mol. The van der Waals surface area contributed by atoms with Crippen LogP contribution in [0.25, 0.3) is 11.3 Å². The molecule has 0 aliphatic rings. The van der Waals surface area contributed by atoms with Crippen molar-refractivity contribution >= 4 is 29.2 Å². The lowest BCUT2D eigenvalue weighted by atomic mass is 10.2. The molecule has 0 saturated carbocycles. The first-order chi connectivity index (χ1) is 10.7. The van der Waals surface area contributed by atoms with Gasteiger partial charge in [0.15, 0.2) is 0 Å². The molecule has 1 aromatic heterocycles. The number of benzene rings is 2. The highest BCUT2D eigenvalue weighted by atomic mass is 35.5. The number of carbonyl (C=O) groups is 1. The van der Waals surface area contributed by atoms with Gasteiger partial charge in [0.1, 0.15) is 23.7 Å². The molecule has 3 aromatic rings. The van der Waals surface area contributed by atoms with Gasteiger partial charge in [0.25, 0.3) is 0 Å². The van der Waals surface area contributed by atoms with Crippen LogP contribution in [0.3, 0.4) is 0 Å². The Kier molecular flexibility index (Phi) is 4.51. The molecule has 5 heteroatoms. The number of ether oxygens (including phenoxy) is 1. The van der Waals surface area contributed by atoms with Gasteiger partial charge >= 0.3 is 0 Å². The third-order valence-electron chi connectivity index (χ3n) is 3.05. The number of rotatable bonds is 5. The van der Waals surface area contributed by atoms with Gasteiger partial charge in [-0.25, -0.2) is 4.98 Å². The molecule has 0 unspecified atom stereocenters. The Morgan fingerprint density at radius 2 is 2.00 bits per heavy atom. The Morgan fingerprint density at radius 1 is 1.18 bits per heavy atom. The highest BCUT2D eigenvalue weighted by Crippen LogP contribution is 2.24. The molecule has 0 spiro atoms. The van der Waals surface area contributed by atoms with Crippen LogP contribution in [0.2, 0.25) is 5.02 Å². The summed E-state index contributed by atoms with van der Waals surface area (Å²) < 4.78 is 5.67. The van der Waals surface area contributed by atoms with E-state index in [0.717, 1.165) is 22.6 Å². The lowest BCUT2D eigenvalue weighted by molar-refractivity contribution is 0.112. The average Bonchev–Trinajstić information content (AvgIpc) is 3.03. The second kappa shape index (κ2) is 6.73. The molecule has 0 amide bonds. The highest BCUT2D eigenvalue weighted by molar-refractivity contribution is 7.09. The van der Waals surface area contributed by atoms with Crippen molar-refractivity contribution in [3.05, 3.63) is 69.5 Å². The number of thiazole rings is 1. The fraction of sp³-hybridized carbons (Fsp3) is 0.0588. The van der Waals surface area contributed by atoms with E-state index in [2.05, 4.69) is 4.98 Å². The molecule has 0 saturated heterocycles. The number of aromatic nitrogens is 1. The summed E-state index contributed by atoms with van der Waals surface area (Å²) >= 11 is 7.42. The standard InChI is InChI=1S/C17H12ClNO2S/c18-14-6-4-13(5-7-14)16-11-22-17(19-16)10-21-15-3-1-2-12(8-15)9-20/h1-9,11H,10H2. The third-order valence-corrected chi connectivity index (χ3v) is 4.12. The van der Waals surface area contributed by atoms with Crippen molar-refractivity contribution in [2.24, 2.45) is 0 Å². The molecule has 22 heavy (non-hydrogen) atoms. The van der Waals surface area contributed by atoms with E-state index in [0.29, 0.717) is 22.9 Å². The number of aldehydes is 1. The zero-order chi connectivity index (χ0) is 15.4. The van der Waals surface area contributed by atoms with Crippen LogP contribution in [-0.2, 0) is 6.61 Å². The van der Waals surface area contributed by atoms with Gasteiger partial charge < -0.3 is 4.74 Å². The zero-order valence-electron chi connectivity index (χ0n) is 11.5. The minimum Gasteiger partial charge on any atom is -0.486 e. The Morgan fingerprint density at radius 3 is 2.77 bits per heavy atom. The Hall–Kier alpha value is -2.17. The average molecular weight is 330 g/mol. The maximum atomic E-state index is 10.7. The van der Waals surface area contributed by atoms with Crippen molar-refractivity contribution in [1.82, 2.24) is 4.98 Å². The first kappa shape index (κ1) is 14.8. The van der Waals surface area contributed by atoms with Crippen molar-refractivity contribution in [3.63, 3.8) is 0 Å². The Balaban J connectivity index is 1.69. The number of halogens is 1. The fourth-order valence-electron chi connectivity index (χ4n) is 1.95. The minimum absolute atomic E-state index is 0.376. The Bertz CT molecular complexity index is 783. The number of hydrogen-bond acceptors (Lipinski definition) is 4. The van der Waals surface area contributed by atoms with E-state index in [9.17, 15) is 4.79 Å². The van der Waals surface area contributed by atoms with Gasteiger partial charge in [-0.3, -0.25) is 4.79 Å². The summed E-state index contributed by atoms with van der Waals surface area (Å²) in [6.45, 7) is 0.376. The topological polar surface area (TPSA) is 39.2 Å². The maximum absolute atomic E-state index is 10.7. The molecule has 3 rings (SSSR count). The molecule has 0 aliphatic carbocycles. The predicted octanol–water partition coefficient (Wildman–Crippen LogP) is 4.86. The molecule has 3 nitrogen and oxygen atoms in total. The second-order valence-electron chi connectivity index (χ2n) is 4.61. The minimum atomic E-state index is 0.376. The van der Waals surface area contributed by atoms with Crippen LogP contribution in [0.1, 0.15) is 15.4 Å². The molecular formula is C17H12ClNO2S. The number of nitrogens with zero attached hydrogens (tertiary/aromatic N) is 1. The summed E-state index contributed by atoms with van der Waals surface area (Å²) in [4.78, 5) is 15.3. The van der Waals surface area contributed by atoms with Crippen LogP contribution >= 0.6 is 22.9 Å². The summed E-state index contributed by atoms with van der Waals surface area (Å²) in [6.07, 6.45) is 0.800. The van der Waals surface area contributed by atoms with Crippen molar-refractivity contribution in [3.8, 4) is 17.0 Å². The smallest absolute Gasteiger partial charge is 0.150 e. The van der Waals surface area contributed by atoms with E-state index < -0.39 is 0 Å². The number of carbonyl (C=O) groups excluding carboxylic acids is 1. The second-order valence-corrected chi connectivity index (χ2v) is 5.99. The zero-order valence-corrected chi connectivity index (χ0v) is 13.1. The quantitative estimate of drug-likeness (QED) is 0.628. The summed E-state index contributed by atoms with van der Waals surface area (Å²) in [7, 11) is 0. The van der Waals surface area contributed by atoms with Crippen LogP contribution in [0.4, 0.5) is 0 Å². The van der Waals surface area contributed by atoms with Gasteiger partial charge in [0, 0.05) is 21.5 Å². The van der Waals surface area contributed by atoms with E-state index >= 15 is 0 Å². The van der Waals surface area contributed by atoms with Crippen LogP contribution in [0, 0.1) is 0 Å².